The Hall–Kier alpha value is -2.89. The number of rotatable bonds is 11. The third-order valence-corrected chi connectivity index (χ3v) is 6.81. The molecular formula is C22H26Cl2N4O6S. The molecule has 0 aromatic heterocycles. The van der Waals surface area contributed by atoms with Crippen molar-refractivity contribution in [2.45, 2.75) is 32.9 Å². The maximum absolute atomic E-state index is 13.4. The number of benzene rings is 2. The third kappa shape index (κ3) is 7.81. The Morgan fingerprint density at radius 1 is 1.17 bits per heavy atom. The Bertz CT molecular complexity index is 1210. The maximum atomic E-state index is 13.4. The van der Waals surface area contributed by atoms with Gasteiger partial charge in [0.15, 0.2) is 0 Å². The number of non-ortho nitro benzene ring substituents is 1. The van der Waals surface area contributed by atoms with Gasteiger partial charge in [-0.3, -0.25) is 24.0 Å². The van der Waals surface area contributed by atoms with E-state index in [4.69, 9.17) is 23.2 Å². The molecule has 0 aliphatic heterocycles. The van der Waals surface area contributed by atoms with Crippen LogP contribution in [0.25, 0.3) is 0 Å². The second-order valence-corrected chi connectivity index (χ2v) is 10.5. The average molecular weight is 545 g/mol. The third-order valence-electron chi connectivity index (χ3n) is 5.08. The first-order chi connectivity index (χ1) is 16.3. The number of halogens is 2. The lowest BCUT2D eigenvalue weighted by atomic mass is 10.1. The van der Waals surface area contributed by atoms with E-state index < -0.39 is 39.3 Å². The molecule has 0 spiro atoms. The average Bonchev–Trinajstić information content (AvgIpc) is 2.79. The van der Waals surface area contributed by atoms with Gasteiger partial charge in [-0.1, -0.05) is 42.3 Å². The molecule has 0 fully saturated rings. The van der Waals surface area contributed by atoms with E-state index in [0.29, 0.717) is 23.6 Å². The topological polar surface area (TPSA) is 130 Å². The molecule has 2 amide bonds. The molecule has 0 bridgehead atoms. The molecule has 0 heterocycles. The quantitative estimate of drug-likeness (QED) is 0.339. The molecule has 0 aliphatic carbocycles. The van der Waals surface area contributed by atoms with Gasteiger partial charge in [-0.05, 0) is 37.1 Å². The minimum Gasteiger partial charge on any atom is -0.354 e. The van der Waals surface area contributed by atoms with E-state index in [9.17, 15) is 28.1 Å². The number of sulfonamides is 1. The molecule has 2 aromatic rings. The summed E-state index contributed by atoms with van der Waals surface area (Å²) in [5.41, 5.74) is 0.115. The molecule has 2 rings (SSSR count). The minimum absolute atomic E-state index is 0.0531. The number of nitro benzene ring substituents is 1. The van der Waals surface area contributed by atoms with Gasteiger partial charge >= 0.3 is 0 Å². The van der Waals surface area contributed by atoms with Crippen molar-refractivity contribution in [3.63, 3.8) is 0 Å². The molecule has 13 heteroatoms. The van der Waals surface area contributed by atoms with Crippen molar-refractivity contribution >= 4 is 56.4 Å². The first-order valence-corrected chi connectivity index (χ1v) is 13.2. The van der Waals surface area contributed by atoms with Gasteiger partial charge in [-0.15, -0.1) is 0 Å². The normalized spacial score (nSPS) is 12.0. The molecule has 10 nitrogen and oxygen atoms in total. The van der Waals surface area contributed by atoms with Crippen LogP contribution in [0.1, 0.15) is 25.8 Å². The molecule has 0 saturated carbocycles. The van der Waals surface area contributed by atoms with Crippen LogP contribution in [0.2, 0.25) is 10.0 Å². The maximum Gasteiger partial charge on any atom is 0.271 e. The number of amides is 2. The van der Waals surface area contributed by atoms with Crippen LogP contribution in [0, 0.1) is 10.1 Å². The summed E-state index contributed by atoms with van der Waals surface area (Å²) in [7, 11) is -4.02. The zero-order valence-electron chi connectivity index (χ0n) is 19.4. The highest BCUT2D eigenvalue weighted by Crippen LogP contribution is 2.25. The van der Waals surface area contributed by atoms with Gasteiger partial charge < -0.3 is 10.2 Å². The largest absolute Gasteiger partial charge is 0.354 e. The molecule has 0 saturated heterocycles. The Morgan fingerprint density at radius 2 is 1.86 bits per heavy atom. The van der Waals surface area contributed by atoms with Gasteiger partial charge in [0.05, 0.1) is 16.9 Å². The molecule has 190 valence electrons. The first-order valence-electron chi connectivity index (χ1n) is 10.6. The fourth-order valence-corrected chi connectivity index (χ4v) is 4.50. The number of hydrogen-bond acceptors (Lipinski definition) is 6. The number of nitrogens with zero attached hydrogens (tertiary/aromatic N) is 3. The lowest BCUT2D eigenvalue weighted by Gasteiger charge is -2.31. The van der Waals surface area contributed by atoms with Gasteiger partial charge in [-0.25, -0.2) is 8.42 Å². The van der Waals surface area contributed by atoms with Crippen molar-refractivity contribution < 1.29 is 22.9 Å². The van der Waals surface area contributed by atoms with E-state index in [1.807, 2.05) is 6.92 Å². The summed E-state index contributed by atoms with van der Waals surface area (Å²) in [6, 6.07) is 8.66. The monoisotopic (exact) mass is 544 g/mol. The summed E-state index contributed by atoms with van der Waals surface area (Å²) in [6.07, 6.45) is 1.57. The molecule has 1 N–H and O–H groups in total. The van der Waals surface area contributed by atoms with E-state index in [2.05, 4.69) is 5.32 Å². The fourth-order valence-electron chi connectivity index (χ4n) is 3.19. The lowest BCUT2D eigenvalue weighted by molar-refractivity contribution is -0.384. The Morgan fingerprint density at radius 3 is 2.43 bits per heavy atom. The molecule has 0 radical (unpaired) electrons. The Labute approximate surface area is 214 Å². The van der Waals surface area contributed by atoms with E-state index in [0.717, 1.165) is 16.6 Å². The summed E-state index contributed by atoms with van der Waals surface area (Å²) in [5, 5.41) is 14.5. The van der Waals surface area contributed by atoms with Crippen molar-refractivity contribution in [1.82, 2.24) is 10.2 Å². The van der Waals surface area contributed by atoms with Crippen LogP contribution in [0.4, 0.5) is 11.4 Å². The van der Waals surface area contributed by atoms with Crippen LogP contribution in [0.15, 0.2) is 42.5 Å². The SMILES string of the molecule is CCCNC(=O)[C@@H](C)N(Cc1ccc(Cl)cc1Cl)C(=O)CN(c1cccc([N+](=O)[O-])c1)S(C)(=O)=O. The van der Waals surface area contributed by atoms with E-state index in [-0.39, 0.29) is 22.9 Å². The molecule has 2 aromatic carbocycles. The molecule has 35 heavy (non-hydrogen) atoms. The zero-order chi connectivity index (χ0) is 26.3. The van der Waals surface area contributed by atoms with Gasteiger partial charge in [0.25, 0.3) is 5.69 Å². The smallest absolute Gasteiger partial charge is 0.271 e. The number of anilines is 1. The van der Waals surface area contributed by atoms with Gasteiger partial charge in [0.1, 0.15) is 12.6 Å². The summed E-state index contributed by atoms with van der Waals surface area (Å²) in [4.78, 5) is 37.8. The van der Waals surface area contributed by atoms with Crippen LogP contribution in [-0.2, 0) is 26.2 Å². The Kier molecular flexibility index (Phi) is 9.87. The van der Waals surface area contributed by atoms with Crippen LogP contribution >= 0.6 is 23.2 Å². The number of hydrogen-bond donors (Lipinski definition) is 1. The highest BCUT2D eigenvalue weighted by Gasteiger charge is 2.30. The van der Waals surface area contributed by atoms with Crippen LogP contribution in [0.3, 0.4) is 0 Å². The van der Waals surface area contributed by atoms with Gasteiger partial charge in [-0.2, -0.15) is 0 Å². The standard InChI is InChI=1S/C22H26Cl2N4O6S/c1-4-10-25-22(30)15(2)26(13-16-8-9-17(23)11-20(16)24)21(29)14-27(35(3,33)34)18-6-5-7-19(12-18)28(31)32/h5-9,11-12,15H,4,10,13-14H2,1-3H3,(H,25,30)/t15-/m1/s1. The van der Waals surface area contributed by atoms with Gasteiger partial charge in [0.2, 0.25) is 21.8 Å². The predicted molar refractivity (Wildman–Crippen MR) is 135 cm³/mol. The lowest BCUT2D eigenvalue weighted by Crippen LogP contribution is -2.51. The Balaban J connectivity index is 2.44. The number of carbonyl (C=O) groups excluding carboxylic acids is 2. The van der Waals surface area contributed by atoms with Crippen LogP contribution in [-0.4, -0.2) is 55.4 Å². The molecule has 0 unspecified atom stereocenters. The zero-order valence-corrected chi connectivity index (χ0v) is 21.7. The van der Waals surface area contributed by atoms with Gasteiger partial charge in [0, 0.05) is 35.3 Å². The number of nitrogens with one attached hydrogen (secondary N) is 1. The summed E-state index contributed by atoms with van der Waals surface area (Å²) in [6.45, 7) is 3.02. The van der Waals surface area contributed by atoms with Crippen LogP contribution in [0.5, 0.6) is 0 Å². The highest BCUT2D eigenvalue weighted by atomic mass is 35.5. The molecular weight excluding hydrogens is 519 g/mol. The first kappa shape index (κ1) is 28.3. The minimum atomic E-state index is -4.02. The second kappa shape index (κ2) is 12.2. The van der Waals surface area contributed by atoms with E-state index >= 15 is 0 Å². The van der Waals surface area contributed by atoms with Crippen molar-refractivity contribution in [3.8, 4) is 0 Å². The second-order valence-electron chi connectivity index (χ2n) is 7.77. The van der Waals surface area contributed by atoms with Crippen molar-refractivity contribution in [3.05, 3.63) is 68.2 Å². The van der Waals surface area contributed by atoms with E-state index in [1.165, 1.54) is 36.1 Å². The number of nitro groups is 1. The van der Waals surface area contributed by atoms with Crippen molar-refractivity contribution in [2.75, 3.05) is 23.7 Å². The van der Waals surface area contributed by atoms with Crippen LogP contribution < -0.4 is 9.62 Å². The number of carbonyl (C=O) groups is 2. The predicted octanol–water partition coefficient (Wildman–Crippen LogP) is 3.61. The summed E-state index contributed by atoms with van der Waals surface area (Å²) in [5.74, 6) is -1.13. The molecule has 0 aliphatic rings. The highest BCUT2D eigenvalue weighted by molar-refractivity contribution is 7.92. The van der Waals surface area contributed by atoms with E-state index in [1.54, 1.807) is 12.1 Å². The summed E-state index contributed by atoms with van der Waals surface area (Å²) >= 11 is 12.2. The van der Waals surface area contributed by atoms with Crippen molar-refractivity contribution in [2.24, 2.45) is 0 Å². The fraction of sp³-hybridized carbons (Fsp3) is 0.364. The summed E-state index contributed by atoms with van der Waals surface area (Å²) < 4.78 is 25.8. The molecule has 1 atom stereocenters. The van der Waals surface area contributed by atoms with Crippen molar-refractivity contribution in [1.29, 1.82) is 0 Å².